The lowest BCUT2D eigenvalue weighted by atomic mass is 9.96. The first kappa shape index (κ1) is 16.1. The summed E-state index contributed by atoms with van der Waals surface area (Å²) in [6.07, 6.45) is 10.4. The van der Waals surface area contributed by atoms with Gasteiger partial charge < -0.3 is 9.47 Å². The molecule has 0 aliphatic heterocycles. The van der Waals surface area contributed by atoms with Crippen molar-refractivity contribution in [3.05, 3.63) is 0 Å². The number of terminal acetylenes is 2. The molecule has 0 heterocycles. The van der Waals surface area contributed by atoms with E-state index < -0.39 is 22.8 Å². The van der Waals surface area contributed by atoms with Crippen LogP contribution in [0, 0.1) is 35.5 Å². The van der Waals surface area contributed by atoms with Crippen LogP contribution in [0.2, 0.25) is 0 Å². The molecule has 0 atom stereocenters. The van der Waals surface area contributed by atoms with Crippen molar-refractivity contribution < 1.29 is 19.1 Å². The van der Waals surface area contributed by atoms with Crippen LogP contribution in [-0.4, -0.2) is 25.2 Å². The van der Waals surface area contributed by atoms with E-state index in [1.165, 1.54) is 0 Å². The Morgan fingerprint density at radius 3 is 1.39 bits per heavy atom. The van der Waals surface area contributed by atoms with Crippen LogP contribution >= 0.6 is 0 Å². The third-order valence-corrected chi connectivity index (χ3v) is 2.08. The summed E-state index contributed by atoms with van der Waals surface area (Å²) in [6.45, 7) is 6.77. The summed E-state index contributed by atoms with van der Waals surface area (Å²) in [5.41, 5.74) is -1.23. The van der Waals surface area contributed by atoms with Crippen molar-refractivity contribution in [3.63, 3.8) is 0 Å². The predicted molar refractivity (Wildman–Crippen MR) is 67.1 cm³/mol. The molecule has 0 unspecified atom stereocenters. The molecule has 0 bridgehead atoms. The van der Waals surface area contributed by atoms with Gasteiger partial charge in [-0.25, -0.2) is 9.59 Å². The molecule has 0 rings (SSSR count). The molecule has 4 heteroatoms. The van der Waals surface area contributed by atoms with Gasteiger partial charge in [-0.15, -0.1) is 12.8 Å². The maximum absolute atomic E-state index is 11.3. The largest absolute Gasteiger partial charge is 0.456 e. The lowest BCUT2D eigenvalue weighted by molar-refractivity contribution is -0.170. The second kappa shape index (κ2) is 6.12. The SMILES string of the molecule is C#CC(C)(C)COC(=O)C(=O)OCC(C)(C)C#C. The van der Waals surface area contributed by atoms with Crippen molar-refractivity contribution >= 4 is 11.9 Å². The lowest BCUT2D eigenvalue weighted by Crippen LogP contribution is -2.29. The van der Waals surface area contributed by atoms with Gasteiger partial charge in [0.2, 0.25) is 0 Å². The highest BCUT2D eigenvalue weighted by Gasteiger charge is 2.25. The number of hydrogen-bond acceptors (Lipinski definition) is 4. The first-order valence-electron chi connectivity index (χ1n) is 5.43. The van der Waals surface area contributed by atoms with Crippen molar-refractivity contribution in [2.45, 2.75) is 27.7 Å². The third kappa shape index (κ3) is 5.96. The fourth-order valence-electron chi connectivity index (χ4n) is 0.693. The van der Waals surface area contributed by atoms with Gasteiger partial charge in [0.15, 0.2) is 0 Å². The van der Waals surface area contributed by atoms with E-state index in [0.717, 1.165) is 0 Å². The molecular formula is C14H18O4. The third-order valence-electron chi connectivity index (χ3n) is 2.08. The zero-order valence-corrected chi connectivity index (χ0v) is 11.2. The van der Waals surface area contributed by atoms with Crippen molar-refractivity contribution in [2.24, 2.45) is 10.8 Å². The molecule has 0 fully saturated rings. The average Bonchev–Trinajstić information content (AvgIpc) is 2.33. The van der Waals surface area contributed by atoms with E-state index in [9.17, 15) is 9.59 Å². The molecule has 0 saturated heterocycles. The Balaban J connectivity index is 4.20. The zero-order chi connectivity index (χ0) is 14.4. The van der Waals surface area contributed by atoms with Gasteiger partial charge in [-0.1, -0.05) is 11.8 Å². The van der Waals surface area contributed by atoms with Gasteiger partial charge in [-0.05, 0) is 27.7 Å². The fourth-order valence-corrected chi connectivity index (χ4v) is 0.693. The number of esters is 2. The molecular weight excluding hydrogens is 232 g/mol. The second-order valence-corrected chi connectivity index (χ2v) is 5.21. The highest BCUT2D eigenvalue weighted by atomic mass is 16.6. The van der Waals surface area contributed by atoms with Gasteiger partial charge in [0.05, 0.1) is 10.8 Å². The minimum atomic E-state index is -1.06. The van der Waals surface area contributed by atoms with Crippen molar-refractivity contribution in [2.75, 3.05) is 13.2 Å². The van der Waals surface area contributed by atoms with Crippen molar-refractivity contribution in [1.29, 1.82) is 0 Å². The first-order valence-corrected chi connectivity index (χ1v) is 5.43. The molecule has 0 aromatic carbocycles. The highest BCUT2D eigenvalue weighted by molar-refractivity contribution is 6.29. The van der Waals surface area contributed by atoms with Gasteiger partial charge in [-0.2, -0.15) is 0 Å². The molecule has 0 amide bonds. The van der Waals surface area contributed by atoms with Crippen LogP contribution in [0.3, 0.4) is 0 Å². The molecule has 4 nitrogen and oxygen atoms in total. The Hall–Kier alpha value is -1.94. The van der Waals surface area contributed by atoms with Crippen LogP contribution in [-0.2, 0) is 19.1 Å². The number of carbonyl (C=O) groups excluding carboxylic acids is 2. The van der Waals surface area contributed by atoms with Crippen LogP contribution in [0.4, 0.5) is 0 Å². The Kier molecular flexibility index (Phi) is 5.46. The molecule has 0 aliphatic rings. The summed E-state index contributed by atoms with van der Waals surface area (Å²) >= 11 is 0. The maximum Gasteiger partial charge on any atom is 0.417 e. The molecule has 0 N–H and O–H groups in total. The van der Waals surface area contributed by atoms with E-state index in [0.29, 0.717) is 0 Å². The molecule has 0 aromatic heterocycles. The Morgan fingerprint density at radius 2 is 1.17 bits per heavy atom. The fraction of sp³-hybridized carbons (Fsp3) is 0.571. The minimum Gasteiger partial charge on any atom is -0.456 e. The Labute approximate surface area is 108 Å². The molecule has 0 aromatic rings. The monoisotopic (exact) mass is 250 g/mol. The van der Waals surface area contributed by atoms with Gasteiger partial charge in [-0.3, -0.25) is 0 Å². The number of carbonyl (C=O) groups is 2. The summed E-state index contributed by atoms with van der Waals surface area (Å²) in [4.78, 5) is 22.6. The van der Waals surface area contributed by atoms with E-state index in [-0.39, 0.29) is 13.2 Å². The van der Waals surface area contributed by atoms with E-state index in [4.69, 9.17) is 22.3 Å². The smallest absolute Gasteiger partial charge is 0.417 e. The zero-order valence-electron chi connectivity index (χ0n) is 11.2. The first-order chi connectivity index (χ1) is 8.13. The second-order valence-electron chi connectivity index (χ2n) is 5.21. The number of hydrogen-bond donors (Lipinski definition) is 0. The summed E-state index contributed by atoms with van der Waals surface area (Å²) < 4.78 is 9.50. The van der Waals surface area contributed by atoms with E-state index >= 15 is 0 Å². The average molecular weight is 250 g/mol. The van der Waals surface area contributed by atoms with Gasteiger partial charge in [0.1, 0.15) is 13.2 Å². The lowest BCUT2D eigenvalue weighted by Gasteiger charge is -2.18. The van der Waals surface area contributed by atoms with Crippen LogP contribution in [0.1, 0.15) is 27.7 Å². The molecule has 0 aliphatic carbocycles. The van der Waals surface area contributed by atoms with Gasteiger partial charge in [0, 0.05) is 0 Å². The van der Waals surface area contributed by atoms with Crippen molar-refractivity contribution in [3.8, 4) is 24.7 Å². The van der Waals surface area contributed by atoms with Crippen LogP contribution in [0.25, 0.3) is 0 Å². The highest BCUT2D eigenvalue weighted by Crippen LogP contribution is 2.15. The Morgan fingerprint density at radius 1 is 0.889 bits per heavy atom. The number of rotatable bonds is 4. The van der Waals surface area contributed by atoms with Crippen LogP contribution in [0.15, 0.2) is 0 Å². The Bertz CT molecular complexity index is 364. The van der Waals surface area contributed by atoms with Gasteiger partial charge in [0.25, 0.3) is 0 Å². The van der Waals surface area contributed by atoms with E-state index in [2.05, 4.69) is 11.8 Å². The van der Waals surface area contributed by atoms with Crippen LogP contribution in [0.5, 0.6) is 0 Å². The standard InChI is InChI=1S/C14H18O4/c1-7-13(3,4)9-17-11(15)12(16)18-10-14(5,6)8-2/h1-2H,9-10H2,3-6H3. The summed E-state index contributed by atoms with van der Waals surface area (Å²) in [6, 6.07) is 0. The summed E-state index contributed by atoms with van der Waals surface area (Å²) in [7, 11) is 0. The predicted octanol–water partition coefficient (Wildman–Crippen LogP) is 1.39. The maximum atomic E-state index is 11.3. The quantitative estimate of drug-likeness (QED) is 0.430. The molecule has 0 saturated carbocycles. The van der Waals surface area contributed by atoms with E-state index in [1.807, 2.05) is 0 Å². The normalized spacial score (nSPS) is 11.0. The number of ether oxygens (including phenoxy) is 2. The minimum absolute atomic E-state index is 0.0457. The van der Waals surface area contributed by atoms with Crippen LogP contribution < -0.4 is 0 Å². The molecule has 18 heavy (non-hydrogen) atoms. The molecule has 0 radical (unpaired) electrons. The summed E-state index contributed by atoms with van der Waals surface area (Å²) in [5.74, 6) is 2.76. The van der Waals surface area contributed by atoms with Crippen molar-refractivity contribution in [1.82, 2.24) is 0 Å². The molecule has 98 valence electrons. The molecule has 0 spiro atoms. The topological polar surface area (TPSA) is 52.6 Å². The van der Waals surface area contributed by atoms with E-state index in [1.54, 1.807) is 27.7 Å². The summed E-state index contributed by atoms with van der Waals surface area (Å²) in [5, 5.41) is 0. The van der Waals surface area contributed by atoms with Gasteiger partial charge >= 0.3 is 11.9 Å².